The number of hydrogen-bond donors (Lipinski definition) is 1. The molecule has 16 heavy (non-hydrogen) atoms. The van der Waals surface area contributed by atoms with Crippen LogP contribution in [0.25, 0.3) is 0 Å². The molecule has 1 aromatic rings. The third-order valence-corrected chi connectivity index (χ3v) is 3.10. The largest absolute Gasteiger partial charge is 0.381 e. The molecule has 0 aliphatic carbocycles. The van der Waals surface area contributed by atoms with Crippen molar-refractivity contribution in [3.8, 4) is 0 Å². The summed E-state index contributed by atoms with van der Waals surface area (Å²) < 4.78 is 0. The molecule has 0 radical (unpaired) electrons. The van der Waals surface area contributed by atoms with Gasteiger partial charge in [0.2, 0.25) is 0 Å². The standard InChI is InChI=1S/C14H22ClN/c1-3-4-5-6-9-12(2)16-14-11-8-7-10-13(14)15/h7-8,10-12,16H,3-6,9H2,1-2H3. The predicted molar refractivity (Wildman–Crippen MR) is 73.3 cm³/mol. The highest BCUT2D eigenvalue weighted by Gasteiger charge is 2.04. The van der Waals surface area contributed by atoms with Gasteiger partial charge in [-0.3, -0.25) is 0 Å². The first-order valence-corrected chi connectivity index (χ1v) is 6.63. The lowest BCUT2D eigenvalue weighted by Crippen LogP contribution is -2.15. The normalized spacial score (nSPS) is 12.4. The summed E-state index contributed by atoms with van der Waals surface area (Å²) in [6.45, 7) is 4.46. The van der Waals surface area contributed by atoms with Gasteiger partial charge < -0.3 is 5.32 Å². The molecule has 1 atom stereocenters. The van der Waals surface area contributed by atoms with E-state index < -0.39 is 0 Å². The highest BCUT2D eigenvalue weighted by molar-refractivity contribution is 6.33. The Labute approximate surface area is 104 Å². The van der Waals surface area contributed by atoms with E-state index in [9.17, 15) is 0 Å². The molecule has 1 rings (SSSR count). The highest BCUT2D eigenvalue weighted by Crippen LogP contribution is 2.22. The zero-order valence-electron chi connectivity index (χ0n) is 10.3. The SMILES string of the molecule is CCCCCCC(C)Nc1ccccc1Cl. The molecule has 90 valence electrons. The number of rotatable bonds is 7. The summed E-state index contributed by atoms with van der Waals surface area (Å²) in [4.78, 5) is 0. The Morgan fingerprint density at radius 1 is 1.19 bits per heavy atom. The molecule has 0 aliphatic rings. The summed E-state index contributed by atoms with van der Waals surface area (Å²) in [5, 5.41) is 4.26. The first-order chi connectivity index (χ1) is 7.74. The van der Waals surface area contributed by atoms with Crippen molar-refractivity contribution in [3.05, 3.63) is 29.3 Å². The summed E-state index contributed by atoms with van der Waals surface area (Å²) in [7, 11) is 0. The van der Waals surface area contributed by atoms with Crippen molar-refractivity contribution < 1.29 is 0 Å². The van der Waals surface area contributed by atoms with Crippen LogP contribution in [0.2, 0.25) is 5.02 Å². The zero-order chi connectivity index (χ0) is 11.8. The summed E-state index contributed by atoms with van der Waals surface area (Å²) in [5.74, 6) is 0. The first-order valence-electron chi connectivity index (χ1n) is 6.25. The number of halogens is 1. The van der Waals surface area contributed by atoms with Crippen molar-refractivity contribution in [2.45, 2.75) is 52.0 Å². The van der Waals surface area contributed by atoms with Gasteiger partial charge in [-0.1, -0.05) is 56.3 Å². The van der Waals surface area contributed by atoms with Crippen molar-refractivity contribution in [1.82, 2.24) is 0 Å². The van der Waals surface area contributed by atoms with E-state index in [4.69, 9.17) is 11.6 Å². The van der Waals surface area contributed by atoms with Crippen LogP contribution in [0.15, 0.2) is 24.3 Å². The van der Waals surface area contributed by atoms with Crippen molar-refractivity contribution >= 4 is 17.3 Å². The third-order valence-electron chi connectivity index (χ3n) is 2.77. The number of hydrogen-bond acceptors (Lipinski definition) is 1. The second-order valence-electron chi connectivity index (χ2n) is 4.37. The van der Waals surface area contributed by atoms with E-state index in [1.165, 1.54) is 32.1 Å². The van der Waals surface area contributed by atoms with E-state index in [1.807, 2.05) is 24.3 Å². The van der Waals surface area contributed by atoms with E-state index in [1.54, 1.807) is 0 Å². The predicted octanol–water partition coefficient (Wildman–Crippen LogP) is 5.11. The van der Waals surface area contributed by atoms with Crippen molar-refractivity contribution in [2.75, 3.05) is 5.32 Å². The lowest BCUT2D eigenvalue weighted by molar-refractivity contribution is 0.594. The molecule has 0 aliphatic heterocycles. The van der Waals surface area contributed by atoms with Crippen LogP contribution in [0.5, 0.6) is 0 Å². The number of nitrogens with one attached hydrogen (secondary N) is 1. The molecule has 1 unspecified atom stereocenters. The van der Waals surface area contributed by atoms with Crippen LogP contribution in [-0.2, 0) is 0 Å². The van der Waals surface area contributed by atoms with E-state index in [2.05, 4.69) is 19.2 Å². The Morgan fingerprint density at radius 3 is 2.62 bits per heavy atom. The van der Waals surface area contributed by atoms with Crippen molar-refractivity contribution in [1.29, 1.82) is 0 Å². The second kappa shape index (κ2) is 7.56. The van der Waals surface area contributed by atoms with Gasteiger partial charge in [0.1, 0.15) is 0 Å². The van der Waals surface area contributed by atoms with E-state index in [0.717, 1.165) is 10.7 Å². The lowest BCUT2D eigenvalue weighted by atomic mass is 10.1. The second-order valence-corrected chi connectivity index (χ2v) is 4.78. The smallest absolute Gasteiger partial charge is 0.0637 e. The van der Waals surface area contributed by atoms with Gasteiger partial charge in [-0.15, -0.1) is 0 Å². The van der Waals surface area contributed by atoms with Crippen LogP contribution in [0.1, 0.15) is 46.0 Å². The van der Waals surface area contributed by atoms with Crippen LogP contribution >= 0.6 is 11.6 Å². The molecule has 2 heteroatoms. The van der Waals surface area contributed by atoms with Crippen LogP contribution in [-0.4, -0.2) is 6.04 Å². The molecule has 1 N–H and O–H groups in total. The number of unbranched alkanes of at least 4 members (excludes halogenated alkanes) is 3. The van der Waals surface area contributed by atoms with Crippen molar-refractivity contribution in [3.63, 3.8) is 0 Å². The molecule has 0 bridgehead atoms. The highest BCUT2D eigenvalue weighted by atomic mass is 35.5. The molecule has 1 aromatic carbocycles. The Bertz CT molecular complexity index is 299. The van der Waals surface area contributed by atoms with Crippen LogP contribution in [0, 0.1) is 0 Å². The fourth-order valence-electron chi connectivity index (χ4n) is 1.79. The summed E-state index contributed by atoms with van der Waals surface area (Å²) >= 11 is 6.09. The Kier molecular flexibility index (Phi) is 6.32. The molecular weight excluding hydrogens is 218 g/mol. The lowest BCUT2D eigenvalue weighted by Gasteiger charge is -2.16. The zero-order valence-corrected chi connectivity index (χ0v) is 11.1. The van der Waals surface area contributed by atoms with Gasteiger partial charge in [-0.2, -0.15) is 0 Å². The third kappa shape index (κ3) is 4.89. The molecule has 0 heterocycles. The van der Waals surface area contributed by atoms with E-state index >= 15 is 0 Å². The Morgan fingerprint density at radius 2 is 1.94 bits per heavy atom. The molecule has 0 saturated heterocycles. The fraction of sp³-hybridized carbons (Fsp3) is 0.571. The van der Waals surface area contributed by atoms with Gasteiger partial charge in [0.25, 0.3) is 0 Å². The van der Waals surface area contributed by atoms with Gasteiger partial charge in [0.15, 0.2) is 0 Å². The molecule has 1 nitrogen and oxygen atoms in total. The maximum Gasteiger partial charge on any atom is 0.0637 e. The van der Waals surface area contributed by atoms with Crippen LogP contribution in [0.3, 0.4) is 0 Å². The van der Waals surface area contributed by atoms with Gasteiger partial charge in [-0.25, -0.2) is 0 Å². The van der Waals surface area contributed by atoms with Crippen LogP contribution in [0.4, 0.5) is 5.69 Å². The van der Waals surface area contributed by atoms with Crippen molar-refractivity contribution in [2.24, 2.45) is 0 Å². The summed E-state index contributed by atoms with van der Waals surface area (Å²) in [5.41, 5.74) is 1.05. The minimum atomic E-state index is 0.497. The maximum absolute atomic E-state index is 6.09. The number of anilines is 1. The maximum atomic E-state index is 6.09. The minimum Gasteiger partial charge on any atom is -0.381 e. The number of benzene rings is 1. The van der Waals surface area contributed by atoms with Gasteiger partial charge in [0, 0.05) is 6.04 Å². The summed E-state index contributed by atoms with van der Waals surface area (Å²) in [6.07, 6.45) is 6.49. The molecule has 0 saturated carbocycles. The van der Waals surface area contributed by atoms with E-state index in [-0.39, 0.29) is 0 Å². The Hall–Kier alpha value is -0.690. The minimum absolute atomic E-state index is 0.497. The Balaban J connectivity index is 2.28. The quantitative estimate of drug-likeness (QED) is 0.652. The topological polar surface area (TPSA) is 12.0 Å². The average molecular weight is 240 g/mol. The molecule has 0 aromatic heterocycles. The van der Waals surface area contributed by atoms with Gasteiger partial charge >= 0.3 is 0 Å². The molecule has 0 spiro atoms. The van der Waals surface area contributed by atoms with E-state index in [0.29, 0.717) is 6.04 Å². The molecule has 0 fully saturated rings. The number of para-hydroxylation sites is 1. The molecular formula is C14H22ClN. The monoisotopic (exact) mass is 239 g/mol. The van der Waals surface area contributed by atoms with Crippen LogP contribution < -0.4 is 5.32 Å². The fourth-order valence-corrected chi connectivity index (χ4v) is 1.98. The average Bonchev–Trinajstić information content (AvgIpc) is 2.28. The summed E-state index contributed by atoms with van der Waals surface area (Å²) in [6, 6.07) is 8.42. The van der Waals surface area contributed by atoms with Gasteiger partial charge in [0.05, 0.1) is 10.7 Å². The van der Waals surface area contributed by atoms with Gasteiger partial charge in [-0.05, 0) is 25.5 Å². The molecule has 0 amide bonds. The first kappa shape index (κ1) is 13.4.